The Hall–Kier alpha value is -2.34. The van der Waals surface area contributed by atoms with Crippen molar-refractivity contribution < 1.29 is 18.7 Å². The average molecular weight is 426 g/mol. The fourth-order valence-electron chi connectivity index (χ4n) is 5.36. The van der Waals surface area contributed by atoms with Gasteiger partial charge in [-0.05, 0) is 30.5 Å². The molecule has 3 aromatic rings. The Morgan fingerprint density at radius 2 is 1.89 bits per heavy atom. The molecule has 1 N–H and O–H groups in total. The number of esters is 1. The van der Waals surface area contributed by atoms with Crippen molar-refractivity contribution in [1.82, 2.24) is 0 Å². The van der Waals surface area contributed by atoms with E-state index in [1.165, 1.54) is 0 Å². The third-order valence-corrected chi connectivity index (χ3v) is 7.67. The number of hydrogen-bond donors (Lipinski definition) is 1. The first-order chi connectivity index (χ1) is 13.1. The van der Waals surface area contributed by atoms with Crippen LogP contribution in [-0.2, 0) is 14.3 Å². The molecule has 2 bridgehead atoms. The second kappa shape index (κ2) is 5.35. The molecule has 0 spiro atoms. The van der Waals surface area contributed by atoms with Gasteiger partial charge in [0.15, 0.2) is 0 Å². The SMILES string of the molecule is O=C(Nc1ccc2c(c1)oc1ccccc12)[C@@H]1[C@@H]2C[C@H]3[C@H](OC(=O)[C@@H]31)[C@@H]2Br. The number of carbonyl (C=O) groups is 2. The number of nitrogens with one attached hydrogen (secondary N) is 1. The van der Waals surface area contributed by atoms with Crippen molar-refractivity contribution in [3.63, 3.8) is 0 Å². The number of alkyl halides is 1. The van der Waals surface area contributed by atoms with Crippen LogP contribution in [0.2, 0.25) is 0 Å². The summed E-state index contributed by atoms with van der Waals surface area (Å²) in [5.74, 6) is -0.653. The maximum absolute atomic E-state index is 13.0. The van der Waals surface area contributed by atoms with Gasteiger partial charge in [0.2, 0.25) is 5.91 Å². The first kappa shape index (κ1) is 15.7. The molecule has 1 saturated heterocycles. The normalized spacial score (nSPS) is 33.7. The van der Waals surface area contributed by atoms with E-state index < -0.39 is 0 Å². The Morgan fingerprint density at radius 3 is 2.78 bits per heavy atom. The van der Waals surface area contributed by atoms with Crippen LogP contribution in [-0.4, -0.2) is 22.8 Å². The van der Waals surface area contributed by atoms with Gasteiger partial charge in [0.25, 0.3) is 0 Å². The summed E-state index contributed by atoms with van der Waals surface area (Å²) >= 11 is 3.65. The van der Waals surface area contributed by atoms with Crippen LogP contribution in [0.25, 0.3) is 21.9 Å². The van der Waals surface area contributed by atoms with Gasteiger partial charge >= 0.3 is 5.97 Å². The van der Waals surface area contributed by atoms with Crippen molar-refractivity contribution in [3.05, 3.63) is 42.5 Å². The zero-order chi connectivity index (χ0) is 18.3. The minimum Gasteiger partial charge on any atom is -0.461 e. The van der Waals surface area contributed by atoms with Gasteiger partial charge in [0.1, 0.15) is 17.3 Å². The zero-order valence-corrected chi connectivity index (χ0v) is 15.8. The highest BCUT2D eigenvalue weighted by Gasteiger charge is 2.67. The van der Waals surface area contributed by atoms with E-state index in [9.17, 15) is 9.59 Å². The zero-order valence-electron chi connectivity index (χ0n) is 14.2. The molecule has 1 aliphatic heterocycles. The van der Waals surface area contributed by atoms with Gasteiger partial charge in [-0.2, -0.15) is 0 Å². The second-order valence-corrected chi connectivity index (χ2v) is 8.82. The molecule has 5 nitrogen and oxygen atoms in total. The summed E-state index contributed by atoms with van der Waals surface area (Å²) < 4.78 is 11.4. The van der Waals surface area contributed by atoms with E-state index in [0.717, 1.165) is 28.4 Å². The number of fused-ring (bicyclic) bond motifs is 4. The van der Waals surface area contributed by atoms with Gasteiger partial charge < -0.3 is 14.5 Å². The molecule has 1 aromatic heterocycles. The Kier molecular flexibility index (Phi) is 3.11. The van der Waals surface area contributed by atoms with Crippen LogP contribution < -0.4 is 5.32 Å². The number of amides is 1. The molecule has 6 atom stereocenters. The summed E-state index contributed by atoms with van der Waals surface area (Å²) in [7, 11) is 0. The molecule has 3 aliphatic rings. The number of rotatable bonds is 2. The lowest BCUT2D eigenvalue weighted by atomic mass is 9.79. The van der Waals surface area contributed by atoms with E-state index in [-0.39, 0.29) is 46.5 Å². The molecule has 136 valence electrons. The van der Waals surface area contributed by atoms with Gasteiger partial charge in [0, 0.05) is 28.4 Å². The molecule has 2 aromatic carbocycles. The lowest BCUT2D eigenvalue weighted by Crippen LogP contribution is -2.40. The number of para-hydroxylation sites is 1. The second-order valence-electron chi connectivity index (χ2n) is 7.76. The fourth-order valence-corrected chi connectivity index (χ4v) is 6.40. The topological polar surface area (TPSA) is 68.5 Å². The maximum Gasteiger partial charge on any atom is 0.310 e. The molecule has 6 heteroatoms. The van der Waals surface area contributed by atoms with Gasteiger partial charge in [0.05, 0.1) is 16.7 Å². The first-order valence-electron chi connectivity index (χ1n) is 9.18. The van der Waals surface area contributed by atoms with Crippen LogP contribution in [0.15, 0.2) is 46.9 Å². The lowest BCUT2D eigenvalue weighted by Gasteiger charge is -2.27. The van der Waals surface area contributed by atoms with Crippen molar-refractivity contribution in [1.29, 1.82) is 0 Å². The summed E-state index contributed by atoms with van der Waals surface area (Å²) in [4.78, 5) is 25.3. The summed E-state index contributed by atoms with van der Waals surface area (Å²) in [6.07, 6.45) is 0.806. The van der Waals surface area contributed by atoms with E-state index in [4.69, 9.17) is 9.15 Å². The van der Waals surface area contributed by atoms with Crippen LogP contribution >= 0.6 is 15.9 Å². The maximum atomic E-state index is 13.0. The minimum absolute atomic E-state index is 0.0663. The molecule has 3 fully saturated rings. The highest BCUT2D eigenvalue weighted by atomic mass is 79.9. The number of carbonyl (C=O) groups excluding carboxylic acids is 2. The van der Waals surface area contributed by atoms with Crippen LogP contribution in [0.3, 0.4) is 0 Å². The van der Waals surface area contributed by atoms with Crippen molar-refractivity contribution in [2.75, 3.05) is 5.32 Å². The molecule has 0 unspecified atom stereocenters. The molecule has 2 heterocycles. The van der Waals surface area contributed by atoms with Gasteiger partial charge in [-0.15, -0.1) is 0 Å². The van der Waals surface area contributed by atoms with E-state index in [1.807, 2.05) is 42.5 Å². The van der Waals surface area contributed by atoms with Crippen LogP contribution in [0.4, 0.5) is 5.69 Å². The Balaban J connectivity index is 1.32. The van der Waals surface area contributed by atoms with E-state index in [0.29, 0.717) is 5.69 Å². The number of anilines is 1. The number of benzene rings is 2. The van der Waals surface area contributed by atoms with Crippen molar-refractivity contribution in [2.45, 2.75) is 17.4 Å². The number of ether oxygens (including phenoxy) is 1. The van der Waals surface area contributed by atoms with Crippen LogP contribution in [0.5, 0.6) is 0 Å². The smallest absolute Gasteiger partial charge is 0.310 e. The predicted molar refractivity (Wildman–Crippen MR) is 104 cm³/mol. The minimum atomic E-state index is -0.336. The van der Waals surface area contributed by atoms with Gasteiger partial charge in [-0.1, -0.05) is 34.1 Å². The van der Waals surface area contributed by atoms with Crippen molar-refractivity contribution in [2.24, 2.45) is 23.7 Å². The van der Waals surface area contributed by atoms with Crippen LogP contribution in [0.1, 0.15) is 6.42 Å². The summed E-state index contributed by atoms with van der Waals surface area (Å²) in [6.45, 7) is 0. The summed E-state index contributed by atoms with van der Waals surface area (Å²) in [5, 5.41) is 5.08. The third-order valence-electron chi connectivity index (χ3n) is 6.47. The van der Waals surface area contributed by atoms with Crippen LogP contribution in [0, 0.1) is 23.7 Å². The fraction of sp³-hybridized carbons (Fsp3) is 0.333. The third kappa shape index (κ3) is 2.05. The highest BCUT2D eigenvalue weighted by molar-refractivity contribution is 9.09. The average Bonchev–Trinajstić information content (AvgIpc) is 3.36. The lowest BCUT2D eigenvalue weighted by molar-refractivity contribution is -0.145. The van der Waals surface area contributed by atoms with Crippen molar-refractivity contribution >= 4 is 55.4 Å². The standard InChI is InChI=1S/C21H16BrNO4/c22-18-12-8-13-17(21(25)27-19(13)18)16(12)20(24)23-9-5-6-11-10-3-1-2-4-14(10)26-15(11)7-9/h1-7,12-13,16-19H,8H2,(H,23,24)/t12-,13+,16+,17-,18+,19-/m0/s1. The Morgan fingerprint density at radius 1 is 1.07 bits per heavy atom. The monoisotopic (exact) mass is 425 g/mol. The molecule has 27 heavy (non-hydrogen) atoms. The number of hydrogen-bond acceptors (Lipinski definition) is 4. The Bertz CT molecular complexity index is 1120. The summed E-state index contributed by atoms with van der Waals surface area (Å²) in [6, 6.07) is 13.6. The number of furan rings is 1. The quantitative estimate of drug-likeness (QED) is 0.495. The van der Waals surface area contributed by atoms with Gasteiger partial charge in [-0.25, -0.2) is 0 Å². The van der Waals surface area contributed by atoms with E-state index >= 15 is 0 Å². The molecule has 0 radical (unpaired) electrons. The first-order valence-corrected chi connectivity index (χ1v) is 10.1. The largest absolute Gasteiger partial charge is 0.461 e. The Labute approximate surface area is 163 Å². The summed E-state index contributed by atoms with van der Waals surface area (Å²) in [5.41, 5.74) is 2.25. The van der Waals surface area contributed by atoms with Gasteiger partial charge in [-0.3, -0.25) is 9.59 Å². The molecule has 2 aliphatic carbocycles. The van der Waals surface area contributed by atoms with E-state index in [1.54, 1.807) is 0 Å². The number of halogens is 1. The van der Waals surface area contributed by atoms with Crippen molar-refractivity contribution in [3.8, 4) is 0 Å². The highest BCUT2D eigenvalue weighted by Crippen LogP contribution is 2.60. The molecular weight excluding hydrogens is 410 g/mol. The molecule has 2 saturated carbocycles. The van der Waals surface area contributed by atoms with E-state index in [2.05, 4.69) is 21.2 Å². The molecule has 1 amide bonds. The molecular formula is C21H16BrNO4. The predicted octanol–water partition coefficient (Wildman–Crippen LogP) is 4.10. The molecule has 6 rings (SSSR count).